The number of ether oxygens (including phenoxy) is 2. The Morgan fingerprint density at radius 3 is 2.54 bits per heavy atom. The van der Waals surface area contributed by atoms with Gasteiger partial charge in [0, 0.05) is 10.6 Å². The molecule has 1 fully saturated rings. The molecule has 1 heterocycles. The number of nitrogens with zero attached hydrogens (tertiary/aromatic N) is 1. The first-order valence-corrected chi connectivity index (χ1v) is 13.3. The van der Waals surface area contributed by atoms with Gasteiger partial charge in [0.25, 0.3) is 11.8 Å². The van der Waals surface area contributed by atoms with Crippen LogP contribution in [-0.2, 0) is 22.6 Å². The topological polar surface area (TPSA) is 84.9 Å². The Morgan fingerprint density at radius 2 is 1.76 bits per heavy atom. The standard InChI is InChI=1S/C33H27ClN2O5/c1-4-8-23-15-21(16-27-31(37)35-33(39)36(32(27)38)28-18-25(34)14-13-20(28)2)17-29(40-3)30(23)41-19-24-11-7-10-22-9-5-6-12-26(22)24/h4-7,9-18H,1,8,19H2,2-3H3,(H,35,37,39)/b27-16+. The van der Waals surface area contributed by atoms with Crippen molar-refractivity contribution in [2.45, 2.75) is 20.0 Å². The van der Waals surface area contributed by atoms with Crippen molar-refractivity contribution in [2.75, 3.05) is 12.0 Å². The number of amides is 4. The molecule has 0 bridgehead atoms. The molecule has 0 aromatic heterocycles. The molecule has 4 amide bonds. The van der Waals surface area contributed by atoms with Gasteiger partial charge in [0.15, 0.2) is 11.5 Å². The summed E-state index contributed by atoms with van der Waals surface area (Å²) >= 11 is 6.13. The molecule has 0 aliphatic carbocycles. The van der Waals surface area contributed by atoms with Crippen LogP contribution < -0.4 is 19.7 Å². The van der Waals surface area contributed by atoms with E-state index in [2.05, 4.69) is 30.1 Å². The van der Waals surface area contributed by atoms with Crippen LogP contribution in [0.15, 0.2) is 91.0 Å². The summed E-state index contributed by atoms with van der Waals surface area (Å²) in [5.41, 5.74) is 3.03. The van der Waals surface area contributed by atoms with Gasteiger partial charge >= 0.3 is 6.03 Å². The first kappa shape index (κ1) is 27.7. The Kier molecular flexibility index (Phi) is 7.90. The lowest BCUT2D eigenvalue weighted by Gasteiger charge is -2.27. The SMILES string of the molecule is C=CCc1cc(/C=C2\C(=O)NC(=O)N(c3cc(Cl)ccc3C)C2=O)cc(OC)c1OCc1cccc2ccccc12. The van der Waals surface area contributed by atoms with E-state index >= 15 is 0 Å². The van der Waals surface area contributed by atoms with Crippen LogP contribution in [0.4, 0.5) is 10.5 Å². The van der Waals surface area contributed by atoms with Crippen molar-refractivity contribution >= 4 is 52.0 Å². The number of benzene rings is 4. The number of hydrogen-bond donors (Lipinski definition) is 1. The molecule has 1 saturated heterocycles. The molecular weight excluding hydrogens is 540 g/mol. The van der Waals surface area contributed by atoms with Crippen molar-refractivity contribution < 1.29 is 23.9 Å². The Hall–Kier alpha value is -4.88. The van der Waals surface area contributed by atoms with Crippen molar-refractivity contribution in [2.24, 2.45) is 0 Å². The number of allylic oxidation sites excluding steroid dienone is 1. The van der Waals surface area contributed by atoms with Crippen molar-refractivity contribution in [3.8, 4) is 11.5 Å². The minimum atomic E-state index is -0.843. The zero-order chi connectivity index (χ0) is 29.1. The molecule has 0 atom stereocenters. The first-order valence-electron chi connectivity index (χ1n) is 12.9. The van der Waals surface area contributed by atoms with Crippen molar-refractivity contribution in [1.29, 1.82) is 0 Å². The number of hydrogen-bond acceptors (Lipinski definition) is 5. The van der Waals surface area contributed by atoms with Gasteiger partial charge in [0.1, 0.15) is 12.2 Å². The summed E-state index contributed by atoms with van der Waals surface area (Å²) in [7, 11) is 1.52. The molecule has 0 spiro atoms. The Labute approximate surface area is 242 Å². The van der Waals surface area contributed by atoms with Gasteiger partial charge in [-0.05, 0) is 71.1 Å². The molecule has 8 heteroatoms. The molecule has 0 radical (unpaired) electrons. The normalized spacial score (nSPS) is 14.4. The number of urea groups is 1. The van der Waals surface area contributed by atoms with Gasteiger partial charge in [-0.1, -0.05) is 66.2 Å². The Bertz CT molecular complexity index is 1740. The van der Waals surface area contributed by atoms with Crippen LogP contribution in [0.1, 0.15) is 22.3 Å². The number of rotatable bonds is 8. The number of anilines is 1. The molecule has 1 N–H and O–H groups in total. The van der Waals surface area contributed by atoms with Crippen LogP contribution in [0.2, 0.25) is 5.02 Å². The number of aryl methyl sites for hydroxylation is 1. The summed E-state index contributed by atoms with van der Waals surface area (Å²) < 4.78 is 12.0. The van der Waals surface area contributed by atoms with Gasteiger partial charge in [0.2, 0.25) is 0 Å². The summed E-state index contributed by atoms with van der Waals surface area (Å²) in [4.78, 5) is 39.9. The average molecular weight is 567 g/mol. The predicted molar refractivity (Wildman–Crippen MR) is 160 cm³/mol. The van der Waals surface area contributed by atoms with E-state index in [1.165, 1.54) is 19.3 Å². The number of halogens is 1. The van der Waals surface area contributed by atoms with E-state index in [1.807, 2.05) is 30.3 Å². The number of carbonyl (C=O) groups is 3. The van der Waals surface area contributed by atoms with Crippen LogP contribution in [0.5, 0.6) is 11.5 Å². The van der Waals surface area contributed by atoms with Gasteiger partial charge < -0.3 is 9.47 Å². The lowest BCUT2D eigenvalue weighted by molar-refractivity contribution is -0.122. The molecular formula is C33H27ClN2O5. The predicted octanol–water partition coefficient (Wildman–Crippen LogP) is 6.78. The molecule has 1 aliphatic heterocycles. The fourth-order valence-corrected chi connectivity index (χ4v) is 4.99. The molecule has 0 unspecified atom stereocenters. The highest BCUT2D eigenvalue weighted by Crippen LogP contribution is 2.36. The maximum absolute atomic E-state index is 13.5. The lowest BCUT2D eigenvalue weighted by atomic mass is 10.0. The van der Waals surface area contributed by atoms with Crippen molar-refractivity contribution in [3.63, 3.8) is 0 Å². The molecule has 1 aliphatic rings. The second-order valence-electron chi connectivity index (χ2n) is 9.52. The van der Waals surface area contributed by atoms with E-state index < -0.39 is 17.8 Å². The second kappa shape index (κ2) is 11.7. The van der Waals surface area contributed by atoms with Crippen LogP contribution in [-0.4, -0.2) is 25.0 Å². The maximum Gasteiger partial charge on any atom is 0.335 e. The van der Waals surface area contributed by atoms with Gasteiger partial charge in [-0.25, -0.2) is 9.69 Å². The van der Waals surface area contributed by atoms with Crippen LogP contribution in [0.3, 0.4) is 0 Å². The van der Waals surface area contributed by atoms with Gasteiger partial charge in [0.05, 0.1) is 12.8 Å². The van der Waals surface area contributed by atoms with Crippen LogP contribution in [0, 0.1) is 6.92 Å². The van der Waals surface area contributed by atoms with Gasteiger partial charge in [-0.3, -0.25) is 14.9 Å². The molecule has 4 aromatic rings. The third kappa shape index (κ3) is 5.58. The van der Waals surface area contributed by atoms with Crippen molar-refractivity contribution in [3.05, 3.63) is 118 Å². The number of nitrogens with one attached hydrogen (secondary N) is 1. The molecule has 4 aromatic carbocycles. The van der Waals surface area contributed by atoms with Crippen LogP contribution in [0.25, 0.3) is 16.8 Å². The molecule has 0 saturated carbocycles. The minimum Gasteiger partial charge on any atom is -0.493 e. The number of imide groups is 2. The Balaban J connectivity index is 1.51. The van der Waals surface area contributed by atoms with E-state index in [9.17, 15) is 14.4 Å². The maximum atomic E-state index is 13.5. The van der Waals surface area contributed by atoms with E-state index in [0.29, 0.717) is 46.4 Å². The third-order valence-corrected chi connectivity index (χ3v) is 7.05. The van der Waals surface area contributed by atoms with E-state index in [4.69, 9.17) is 21.1 Å². The molecule has 41 heavy (non-hydrogen) atoms. The monoisotopic (exact) mass is 566 g/mol. The fourth-order valence-electron chi connectivity index (χ4n) is 4.82. The van der Waals surface area contributed by atoms with Gasteiger partial charge in [-0.15, -0.1) is 6.58 Å². The summed E-state index contributed by atoms with van der Waals surface area (Å²) in [6.45, 7) is 5.91. The molecule has 5 rings (SSSR count). The quantitative estimate of drug-likeness (QED) is 0.144. The summed E-state index contributed by atoms with van der Waals surface area (Å²) in [6, 6.07) is 21.7. The highest BCUT2D eigenvalue weighted by Gasteiger charge is 2.37. The number of barbiturate groups is 1. The summed E-state index contributed by atoms with van der Waals surface area (Å²) in [6.07, 6.45) is 3.61. The zero-order valence-electron chi connectivity index (χ0n) is 22.6. The number of carbonyl (C=O) groups excluding carboxylic acids is 3. The van der Waals surface area contributed by atoms with E-state index in [0.717, 1.165) is 26.8 Å². The fraction of sp³-hybridized carbons (Fsp3) is 0.121. The van der Waals surface area contributed by atoms with E-state index in [-0.39, 0.29) is 5.57 Å². The van der Waals surface area contributed by atoms with Crippen LogP contribution >= 0.6 is 11.6 Å². The van der Waals surface area contributed by atoms with Crippen molar-refractivity contribution in [1.82, 2.24) is 5.32 Å². The number of methoxy groups -OCH3 is 1. The highest BCUT2D eigenvalue weighted by molar-refractivity contribution is 6.39. The second-order valence-corrected chi connectivity index (χ2v) is 9.96. The summed E-state index contributed by atoms with van der Waals surface area (Å²) in [5.74, 6) is -0.590. The first-order chi connectivity index (χ1) is 19.8. The molecule has 206 valence electrons. The smallest absolute Gasteiger partial charge is 0.335 e. The Morgan fingerprint density at radius 1 is 0.976 bits per heavy atom. The average Bonchev–Trinajstić information content (AvgIpc) is 2.96. The largest absolute Gasteiger partial charge is 0.493 e. The number of fused-ring (bicyclic) bond motifs is 1. The summed E-state index contributed by atoms with van der Waals surface area (Å²) in [5, 5.41) is 4.81. The van der Waals surface area contributed by atoms with E-state index in [1.54, 1.807) is 31.2 Å². The highest BCUT2D eigenvalue weighted by atomic mass is 35.5. The zero-order valence-corrected chi connectivity index (χ0v) is 23.3. The van der Waals surface area contributed by atoms with Gasteiger partial charge in [-0.2, -0.15) is 0 Å². The third-order valence-electron chi connectivity index (χ3n) is 6.81. The molecule has 7 nitrogen and oxygen atoms in total. The lowest BCUT2D eigenvalue weighted by Crippen LogP contribution is -2.54. The minimum absolute atomic E-state index is 0.208.